The van der Waals surface area contributed by atoms with Gasteiger partial charge in [-0.25, -0.2) is 0 Å². The van der Waals surface area contributed by atoms with E-state index in [4.69, 9.17) is 10.2 Å². The zero-order valence-corrected chi connectivity index (χ0v) is 14.4. The van der Waals surface area contributed by atoms with Gasteiger partial charge in [0, 0.05) is 23.4 Å². The van der Waals surface area contributed by atoms with Crippen molar-refractivity contribution in [1.82, 2.24) is 5.32 Å². The molecule has 2 atom stereocenters. The fraction of sp³-hybridized carbons (Fsp3) is 0.471. The molecule has 3 N–H and O–H groups in total. The predicted molar refractivity (Wildman–Crippen MR) is 92.2 cm³/mol. The third kappa shape index (κ3) is 4.02. The van der Waals surface area contributed by atoms with Crippen LogP contribution in [0.1, 0.15) is 44.6 Å². The minimum Gasteiger partial charge on any atom is -0.459 e. The number of carbonyl (C=O) groups is 1. The zero-order chi connectivity index (χ0) is 15.6. The number of halogens is 1. The highest BCUT2D eigenvalue weighted by Crippen LogP contribution is 2.32. The van der Waals surface area contributed by atoms with Gasteiger partial charge in [-0.3, -0.25) is 4.79 Å². The van der Waals surface area contributed by atoms with Crippen molar-refractivity contribution in [2.45, 2.75) is 46.2 Å². The Kier molecular flexibility index (Phi) is 6.45. The summed E-state index contributed by atoms with van der Waals surface area (Å²) in [4.78, 5) is 12.0. The van der Waals surface area contributed by atoms with Crippen molar-refractivity contribution in [2.24, 2.45) is 11.7 Å². The molecule has 122 valence electrons. The van der Waals surface area contributed by atoms with Crippen molar-refractivity contribution in [3.63, 3.8) is 0 Å². The molecule has 1 aromatic carbocycles. The molecule has 0 aliphatic heterocycles. The molecule has 4 nitrogen and oxygen atoms in total. The first-order chi connectivity index (χ1) is 9.90. The lowest BCUT2D eigenvalue weighted by atomic mass is 9.98. The average molecular weight is 325 g/mol. The Morgan fingerprint density at radius 1 is 1.27 bits per heavy atom. The fourth-order valence-corrected chi connectivity index (χ4v) is 2.55. The van der Waals surface area contributed by atoms with E-state index in [1.54, 1.807) is 0 Å². The number of furan rings is 1. The number of carbonyl (C=O) groups excluding carboxylic acids is 1. The summed E-state index contributed by atoms with van der Waals surface area (Å²) in [5, 5.41) is 4.15. The zero-order valence-electron chi connectivity index (χ0n) is 13.6. The lowest BCUT2D eigenvalue weighted by Gasteiger charge is -2.21. The maximum Gasteiger partial charge on any atom is 0.222 e. The van der Waals surface area contributed by atoms with Crippen molar-refractivity contribution in [1.29, 1.82) is 0 Å². The Morgan fingerprint density at radius 2 is 1.91 bits per heavy atom. The molecule has 2 rings (SSSR count). The molecule has 2 aromatic rings. The van der Waals surface area contributed by atoms with Gasteiger partial charge >= 0.3 is 0 Å². The summed E-state index contributed by atoms with van der Waals surface area (Å²) in [6.45, 7) is 8.01. The van der Waals surface area contributed by atoms with Crippen LogP contribution in [0.4, 0.5) is 0 Å². The van der Waals surface area contributed by atoms with E-state index in [9.17, 15) is 4.79 Å². The van der Waals surface area contributed by atoms with Gasteiger partial charge in [0.05, 0.1) is 6.04 Å². The molecule has 0 aliphatic rings. The second kappa shape index (κ2) is 7.65. The van der Waals surface area contributed by atoms with Gasteiger partial charge in [0.1, 0.15) is 11.3 Å². The van der Waals surface area contributed by atoms with Gasteiger partial charge in [0.25, 0.3) is 0 Å². The van der Waals surface area contributed by atoms with E-state index >= 15 is 0 Å². The van der Waals surface area contributed by atoms with E-state index in [0.717, 1.165) is 22.3 Å². The molecular weight excluding hydrogens is 300 g/mol. The third-order valence-corrected chi connectivity index (χ3v) is 3.65. The Bertz CT molecular complexity index is 635. The van der Waals surface area contributed by atoms with Crippen LogP contribution in [-0.4, -0.2) is 11.9 Å². The van der Waals surface area contributed by atoms with E-state index < -0.39 is 0 Å². The van der Waals surface area contributed by atoms with Gasteiger partial charge in [-0.1, -0.05) is 32.0 Å². The normalized spacial score (nSPS) is 13.7. The highest BCUT2D eigenvalue weighted by molar-refractivity contribution is 5.85. The Morgan fingerprint density at radius 3 is 2.45 bits per heavy atom. The summed E-state index contributed by atoms with van der Waals surface area (Å²) >= 11 is 0. The Hall–Kier alpha value is -1.52. The second-order valence-electron chi connectivity index (χ2n) is 6.06. The van der Waals surface area contributed by atoms with Crippen LogP contribution in [0.2, 0.25) is 0 Å². The maximum atomic E-state index is 12.0. The van der Waals surface area contributed by atoms with Gasteiger partial charge in [-0.15, -0.1) is 12.4 Å². The van der Waals surface area contributed by atoms with Gasteiger partial charge in [0.2, 0.25) is 5.91 Å². The molecular formula is C17H25ClN2O2. The molecule has 0 saturated heterocycles. The number of fused-ring (bicyclic) bond motifs is 1. The van der Waals surface area contributed by atoms with Crippen molar-refractivity contribution in [2.75, 3.05) is 0 Å². The summed E-state index contributed by atoms with van der Waals surface area (Å²) in [6, 6.07) is 7.66. The molecule has 0 bridgehead atoms. The number of hydrogen-bond acceptors (Lipinski definition) is 3. The smallest absolute Gasteiger partial charge is 0.222 e. The lowest BCUT2D eigenvalue weighted by molar-refractivity contribution is -0.122. The van der Waals surface area contributed by atoms with Crippen LogP contribution >= 0.6 is 12.4 Å². The summed E-state index contributed by atoms with van der Waals surface area (Å²) in [7, 11) is 0. The summed E-state index contributed by atoms with van der Waals surface area (Å²) in [5.74, 6) is 1.04. The van der Waals surface area contributed by atoms with Gasteiger partial charge < -0.3 is 15.5 Å². The molecule has 1 aromatic heterocycles. The number of benzene rings is 1. The molecule has 0 radical (unpaired) electrons. The van der Waals surface area contributed by atoms with E-state index in [0.29, 0.717) is 6.42 Å². The quantitative estimate of drug-likeness (QED) is 0.880. The first kappa shape index (κ1) is 18.5. The summed E-state index contributed by atoms with van der Waals surface area (Å²) < 4.78 is 5.98. The molecule has 0 spiro atoms. The van der Waals surface area contributed by atoms with Crippen LogP contribution in [0.15, 0.2) is 28.7 Å². The first-order valence-corrected chi connectivity index (χ1v) is 7.43. The molecule has 5 heteroatoms. The van der Waals surface area contributed by atoms with E-state index in [-0.39, 0.29) is 36.3 Å². The maximum absolute atomic E-state index is 12.0. The lowest BCUT2D eigenvalue weighted by Crippen LogP contribution is -2.35. The largest absolute Gasteiger partial charge is 0.459 e. The van der Waals surface area contributed by atoms with Crippen LogP contribution in [0.5, 0.6) is 0 Å². The number of amides is 1. The monoisotopic (exact) mass is 324 g/mol. The van der Waals surface area contributed by atoms with E-state index in [1.807, 2.05) is 38.1 Å². The molecule has 1 amide bonds. The van der Waals surface area contributed by atoms with Crippen LogP contribution in [0.25, 0.3) is 11.0 Å². The fourth-order valence-electron chi connectivity index (χ4n) is 2.55. The molecule has 1 heterocycles. The van der Waals surface area contributed by atoms with Crippen molar-refractivity contribution >= 4 is 29.3 Å². The highest BCUT2D eigenvalue weighted by Gasteiger charge is 2.25. The molecule has 22 heavy (non-hydrogen) atoms. The Labute approximate surface area is 137 Å². The van der Waals surface area contributed by atoms with Crippen molar-refractivity contribution in [3.8, 4) is 0 Å². The second-order valence-corrected chi connectivity index (χ2v) is 6.06. The summed E-state index contributed by atoms with van der Waals surface area (Å²) in [6.07, 6.45) is 0.322. The SMILES string of the molecule is Cc1c(C(NC(=O)CC(C)N)C(C)C)oc2ccccc12.Cl. The topological polar surface area (TPSA) is 68.3 Å². The number of nitrogens with two attached hydrogens (primary N) is 1. The Balaban J connectivity index is 0.00000242. The average Bonchev–Trinajstić information content (AvgIpc) is 2.73. The number of hydrogen-bond donors (Lipinski definition) is 2. The van der Waals surface area contributed by atoms with Crippen LogP contribution in [0.3, 0.4) is 0 Å². The number of nitrogens with one attached hydrogen (secondary N) is 1. The molecule has 2 unspecified atom stereocenters. The standard InChI is InChI=1S/C17H24N2O2.ClH/c1-10(2)16(19-15(20)9-11(3)18)17-12(4)13-7-5-6-8-14(13)21-17;/h5-8,10-11,16H,9,18H2,1-4H3,(H,19,20);1H. The number of aryl methyl sites for hydroxylation is 1. The van der Waals surface area contributed by atoms with Gasteiger partial charge in [-0.2, -0.15) is 0 Å². The third-order valence-electron chi connectivity index (χ3n) is 3.65. The van der Waals surface area contributed by atoms with Gasteiger partial charge in [-0.05, 0) is 25.8 Å². The number of para-hydroxylation sites is 1. The minimum absolute atomic E-state index is 0. The van der Waals surface area contributed by atoms with Gasteiger partial charge in [0.15, 0.2) is 0 Å². The highest BCUT2D eigenvalue weighted by atomic mass is 35.5. The van der Waals surface area contributed by atoms with E-state index in [2.05, 4.69) is 19.2 Å². The number of rotatable bonds is 5. The molecule has 0 saturated carbocycles. The minimum atomic E-state index is -0.144. The van der Waals surface area contributed by atoms with Crippen molar-refractivity contribution in [3.05, 3.63) is 35.6 Å². The molecule has 0 fully saturated rings. The van der Waals surface area contributed by atoms with Crippen molar-refractivity contribution < 1.29 is 9.21 Å². The van der Waals surface area contributed by atoms with E-state index in [1.165, 1.54) is 0 Å². The predicted octanol–water partition coefficient (Wildman–Crippen LogP) is 3.71. The molecule has 0 aliphatic carbocycles. The van der Waals surface area contributed by atoms with Crippen LogP contribution in [0, 0.1) is 12.8 Å². The first-order valence-electron chi connectivity index (χ1n) is 7.43. The van der Waals surface area contributed by atoms with Crippen LogP contribution in [-0.2, 0) is 4.79 Å². The van der Waals surface area contributed by atoms with Crippen LogP contribution < -0.4 is 11.1 Å². The summed E-state index contributed by atoms with van der Waals surface area (Å²) in [5.41, 5.74) is 7.64.